The summed E-state index contributed by atoms with van der Waals surface area (Å²) in [6.07, 6.45) is 10.7. The summed E-state index contributed by atoms with van der Waals surface area (Å²) < 4.78 is 14.4. The molecule has 1 aromatic rings. The van der Waals surface area contributed by atoms with E-state index in [1.165, 1.54) is 38.5 Å². The van der Waals surface area contributed by atoms with E-state index in [0.29, 0.717) is 6.61 Å². The van der Waals surface area contributed by atoms with E-state index >= 15 is 0 Å². The maximum Gasteiger partial charge on any atom is 0.221 e. The van der Waals surface area contributed by atoms with Gasteiger partial charge in [-0.1, -0.05) is 38.7 Å². The van der Waals surface area contributed by atoms with Crippen LogP contribution in [0.5, 0.6) is 0 Å². The van der Waals surface area contributed by atoms with E-state index in [4.69, 9.17) is 14.5 Å². The first-order valence-corrected chi connectivity index (χ1v) is 11.5. The molecule has 2 aliphatic rings. The van der Waals surface area contributed by atoms with Gasteiger partial charge >= 0.3 is 0 Å². The molecule has 0 atom stereocenters. The van der Waals surface area contributed by atoms with Crippen molar-refractivity contribution in [1.29, 1.82) is 0 Å². The molecule has 5 heteroatoms. The molecule has 1 heterocycles. The molecule has 0 aromatic heterocycles. The first-order chi connectivity index (χ1) is 12.6. The van der Waals surface area contributed by atoms with Gasteiger partial charge in [-0.2, -0.15) is 0 Å². The van der Waals surface area contributed by atoms with Gasteiger partial charge in [-0.25, -0.2) is 4.99 Å². The van der Waals surface area contributed by atoms with Crippen molar-refractivity contribution < 1.29 is 9.47 Å². The minimum atomic E-state index is -0.341. The molecule has 0 unspecified atom stereocenters. The Kier molecular flexibility index (Phi) is 7.59. The van der Waals surface area contributed by atoms with E-state index < -0.39 is 0 Å². The van der Waals surface area contributed by atoms with Crippen LogP contribution in [0.4, 0.5) is 5.69 Å². The summed E-state index contributed by atoms with van der Waals surface area (Å²) in [5, 5.41) is 0. The van der Waals surface area contributed by atoms with Gasteiger partial charge in [-0.15, -0.1) is 0 Å². The van der Waals surface area contributed by atoms with Crippen LogP contribution in [-0.4, -0.2) is 24.7 Å². The molecule has 1 aromatic carbocycles. The van der Waals surface area contributed by atoms with Crippen LogP contribution in [0, 0.1) is 5.92 Å². The lowest BCUT2D eigenvalue weighted by atomic mass is 9.76. The van der Waals surface area contributed by atoms with Gasteiger partial charge in [-0.05, 0) is 75.6 Å². The van der Waals surface area contributed by atoms with Gasteiger partial charge in [0.25, 0.3) is 0 Å². The molecule has 1 aliphatic heterocycles. The number of ether oxygens (including phenoxy) is 2. The first kappa shape index (κ1) is 20.3. The third-order valence-corrected chi connectivity index (χ3v) is 6.86. The molecule has 1 saturated heterocycles. The standard InChI is InChI=1S/C21H29Br2NO2/c1-2-3-4-7-16-10-12-21(13-11-16)20(25-14-6-15-26-21)24-19-17(22)8-5-9-18(19)23/h5,8-9,16H,2-4,6-7,10-15H2,1H3. The van der Waals surface area contributed by atoms with Crippen LogP contribution in [0.1, 0.15) is 64.7 Å². The van der Waals surface area contributed by atoms with Crippen LogP contribution in [0.2, 0.25) is 0 Å². The molecule has 26 heavy (non-hydrogen) atoms. The van der Waals surface area contributed by atoms with Crippen molar-refractivity contribution in [3.05, 3.63) is 27.1 Å². The van der Waals surface area contributed by atoms with Gasteiger partial charge in [0, 0.05) is 15.4 Å². The van der Waals surface area contributed by atoms with Crippen LogP contribution in [0.25, 0.3) is 0 Å². The summed E-state index contributed by atoms with van der Waals surface area (Å²) in [7, 11) is 0. The number of hydrogen-bond acceptors (Lipinski definition) is 3. The number of benzene rings is 1. The summed E-state index contributed by atoms with van der Waals surface area (Å²) in [5.74, 6) is 1.60. The molecule has 1 aliphatic carbocycles. The van der Waals surface area contributed by atoms with Crippen molar-refractivity contribution >= 4 is 43.4 Å². The van der Waals surface area contributed by atoms with Gasteiger partial charge in [0.05, 0.1) is 18.9 Å². The van der Waals surface area contributed by atoms with Gasteiger partial charge in [0.1, 0.15) is 5.60 Å². The highest BCUT2D eigenvalue weighted by atomic mass is 79.9. The Bertz CT molecular complexity index is 604. The summed E-state index contributed by atoms with van der Waals surface area (Å²) in [5.41, 5.74) is 0.546. The van der Waals surface area contributed by atoms with Crippen molar-refractivity contribution in [2.24, 2.45) is 10.9 Å². The van der Waals surface area contributed by atoms with Crippen molar-refractivity contribution in [2.45, 2.75) is 70.3 Å². The summed E-state index contributed by atoms with van der Waals surface area (Å²) in [6.45, 7) is 3.72. The number of hydrogen-bond donors (Lipinski definition) is 0. The molecule has 144 valence electrons. The molecule has 1 saturated carbocycles. The van der Waals surface area contributed by atoms with Gasteiger partial charge in [0.2, 0.25) is 5.90 Å². The van der Waals surface area contributed by atoms with Crippen molar-refractivity contribution in [3.63, 3.8) is 0 Å². The van der Waals surface area contributed by atoms with E-state index in [0.717, 1.165) is 52.3 Å². The fraction of sp³-hybridized carbons (Fsp3) is 0.667. The molecule has 3 rings (SSSR count). The predicted octanol–water partition coefficient (Wildman–Crippen LogP) is 7.19. The lowest BCUT2D eigenvalue weighted by Crippen LogP contribution is -2.45. The van der Waals surface area contributed by atoms with Crippen molar-refractivity contribution in [2.75, 3.05) is 13.2 Å². The van der Waals surface area contributed by atoms with E-state index in [2.05, 4.69) is 38.8 Å². The number of para-hydroxylation sites is 1. The fourth-order valence-corrected chi connectivity index (χ4v) is 5.17. The monoisotopic (exact) mass is 485 g/mol. The normalized spacial score (nSPS) is 28.1. The molecule has 3 nitrogen and oxygen atoms in total. The molecule has 1 spiro atoms. The lowest BCUT2D eigenvalue weighted by molar-refractivity contribution is -0.0284. The third-order valence-electron chi connectivity index (χ3n) is 5.58. The predicted molar refractivity (Wildman–Crippen MR) is 114 cm³/mol. The second kappa shape index (κ2) is 9.70. The quantitative estimate of drug-likeness (QED) is 0.412. The van der Waals surface area contributed by atoms with Crippen LogP contribution in [-0.2, 0) is 9.47 Å². The Morgan fingerprint density at radius 1 is 1.12 bits per heavy atom. The summed E-state index contributed by atoms with van der Waals surface area (Å²) in [4.78, 5) is 4.93. The highest BCUT2D eigenvalue weighted by Gasteiger charge is 2.43. The fourth-order valence-electron chi connectivity index (χ4n) is 3.99. The number of unbranched alkanes of at least 4 members (excludes halogenated alkanes) is 2. The van der Waals surface area contributed by atoms with Crippen LogP contribution < -0.4 is 0 Å². The zero-order valence-electron chi connectivity index (χ0n) is 15.6. The second-order valence-corrected chi connectivity index (χ2v) is 9.18. The van der Waals surface area contributed by atoms with Gasteiger partial charge < -0.3 is 9.47 Å². The number of halogens is 2. The van der Waals surface area contributed by atoms with E-state index in [-0.39, 0.29) is 5.60 Å². The minimum absolute atomic E-state index is 0.341. The smallest absolute Gasteiger partial charge is 0.221 e. The highest BCUT2D eigenvalue weighted by molar-refractivity contribution is 9.11. The molecule has 0 N–H and O–H groups in total. The average Bonchev–Trinajstić information content (AvgIpc) is 2.83. The Labute approximate surface area is 174 Å². The Balaban J connectivity index is 1.79. The topological polar surface area (TPSA) is 30.8 Å². The molecule has 0 bridgehead atoms. The SMILES string of the molecule is CCCCCC1CCC2(CC1)OCCCOC2=Nc1c(Br)cccc1Br. The zero-order valence-corrected chi connectivity index (χ0v) is 18.8. The highest BCUT2D eigenvalue weighted by Crippen LogP contribution is 2.41. The summed E-state index contributed by atoms with van der Waals surface area (Å²) in [6, 6.07) is 6.03. The molecular formula is C21H29Br2NO2. The van der Waals surface area contributed by atoms with E-state index in [9.17, 15) is 0 Å². The Morgan fingerprint density at radius 2 is 1.85 bits per heavy atom. The molecule has 0 amide bonds. The second-order valence-electron chi connectivity index (χ2n) is 7.47. The van der Waals surface area contributed by atoms with Gasteiger partial charge in [-0.3, -0.25) is 0 Å². The van der Waals surface area contributed by atoms with Crippen LogP contribution >= 0.6 is 31.9 Å². The van der Waals surface area contributed by atoms with Crippen LogP contribution in [0.3, 0.4) is 0 Å². The molecule has 0 radical (unpaired) electrons. The van der Waals surface area contributed by atoms with E-state index in [1.54, 1.807) is 0 Å². The Morgan fingerprint density at radius 3 is 2.54 bits per heavy atom. The van der Waals surface area contributed by atoms with Gasteiger partial charge in [0.15, 0.2) is 0 Å². The number of aliphatic imine (C=N–C) groups is 1. The van der Waals surface area contributed by atoms with E-state index in [1.807, 2.05) is 18.2 Å². The Hall–Kier alpha value is -0.390. The molecular weight excluding hydrogens is 458 g/mol. The van der Waals surface area contributed by atoms with Crippen LogP contribution in [0.15, 0.2) is 32.1 Å². The zero-order chi connectivity index (χ0) is 18.4. The largest absolute Gasteiger partial charge is 0.479 e. The third kappa shape index (κ3) is 4.90. The maximum atomic E-state index is 6.38. The maximum absolute atomic E-state index is 6.38. The minimum Gasteiger partial charge on any atom is -0.479 e. The lowest BCUT2D eigenvalue weighted by Gasteiger charge is -2.39. The van der Waals surface area contributed by atoms with Crippen molar-refractivity contribution in [3.8, 4) is 0 Å². The summed E-state index contributed by atoms with van der Waals surface area (Å²) >= 11 is 7.23. The first-order valence-electron chi connectivity index (χ1n) is 9.94. The molecule has 2 fully saturated rings. The van der Waals surface area contributed by atoms with Crippen molar-refractivity contribution in [1.82, 2.24) is 0 Å². The number of rotatable bonds is 5. The average molecular weight is 487 g/mol. The number of nitrogens with zero attached hydrogens (tertiary/aromatic N) is 1.